The average molecular weight is 616 g/mol. The Balaban J connectivity index is 1.36. The van der Waals surface area contributed by atoms with Gasteiger partial charge < -0.3 is 5.11 Å². The lowest BCUT2D eigenvalue weighted by Gasteiger charge is -2.08. The molecule has 0 unspecified atom stereocenters. The van der Waals surface area contributed by atoms with Crippen molar-refractivity contribution < 1.29 is 31.0 Å². The molecule has 0 bridgehead atoms. The number of fused-ring (bicyclic) bond motifs is 3. The summed E-state index contributed by atoms with van der Waals surface area (Å²) in [6, 6.07) is 17.5. The molecule has 0 atom stereocenters. The van der Waals surface area contributed by atoms with Crippen LogP contribution in [0.5, 0.6) is 5.75 Å². The van der Waals surface area contributed by atoms with Gasteiger partial charge in [-0.3, -0.25) is 19.1 Å². The summed E-state index contributed by atoms with van der Waals surface area (Å²) in [5.41, 5.74) is 1.18. The van der Waals surface area contributed by atoms with Crippen molar-refractivity contribution in [1.82, 2.24) is 15.0 Å². The van der Waals surface area contributed by atoms with Gasteiger partial charge in [0.2, 0.25) is 0 Å². The molecule has 0 aliphatic heterocycles. The summed E-state index contributed by atoms with van der Waals surface area (Å²) < 4.78 is 65.7. The van der Waals surface area contributed by atoms with E-state index in [1.54, 1.807) is 30.3 Å². The summed E-state index contributed by atoms with van der Waals surface area (Å²) in [6.45, 7) is 0. The van der Waals surface area contributed by atoms with E-state index < -0.39 is 30.9 Å². The first-order chi connectivity index (χ1) is 20.5. The summed E-state index contributed by atoms with van der Waals surface area (Å²) in [6.07, 6.45) is 2.89. The van der Waals surface area contributed by atoms with Crippen molar-refractivity contribution in [3.63, 3.8) is 0 Å². The van der Waals surface area contributed by atoms with Gasteiger partial charge in [0.05, 0.1) is 21.6 Å². The number of aromatic hydroxyl groups is 1. The first kappa shape index (κ1) is 27.9. The molecule has 3 aromatic heterocycles. The highest BCUT2D eigenvalue weighted by Crippen LogP contribution is 2.40. The molecule has 14 nitrogen and oxygen atoms in total. The zero-order chi connectivity index (χ0) is 30.4. The summed E-state index contributed by atoms with van der Waals surface area (Å²) in [5.74, 6) is -0.186. The number of hydrogen-bond acceptors (Lipinski definition) is 12. The number of hydrogen-bond donors (Lipinski definition) is 3. The van der Waals surface area contributed by atoms with Gasteiger partial charge in [0.25, 0.3) is 20.2 Å². The molecule has 3 N–H and O–H groups in total. The number of benzene rings is 3. The number of pyridine rings is 3. The molecule has 0 saturated carbocycles. The molecule has 6 aromatic rings. The normalized spacial score (nSPS) is 12.7. The van der Waals surface area contributed by atoms with Crippen molar-refractivity contribution in [1.29, 1.82) is 0 Å². The smallest absolute Gasteiger partial charge is 0.295 e. The van der Waals surface area contributed by atoms with E-state index in [0.717, 1.165) is 6.07 Å². The maximum atomic E-state index is 12.0. The number of phenolic OH excluding ortho intramolecular Hbond substituents is 1. The van der Waals surface area contributed by atoms with E-state index in [4.69, 9.17) is 0 Å². The van der Waals surface area contributed by atoms with Crippen molar-refractivity contribution in [3.8, 4) is 5.75 Å². The van der Waals surface area contributed by atoms with Crippen LogP contribution >= 0.6 is 0 Å². The summed E-state index contributed by atoms with van der Waals surface area (Å²) in [5, 5.41) is 28.4. The second-order valence-electron chi connectivity index (χ2n) is 9.02. The zero-order valence-electron chi connectivity index (χ0n) is 21.5. The largest absolute Gasteiger partial charge is 0.504 e. The van der Waals surface area contributed by atoms with Gasteiger partial charge in [0, 0.05) is 28.6 Å². The maximum absolute atomic E-state index is 12.0. The van der Waals surface area contributed by atoms with Crippen LogP contribution < -0.4 is 0 Å². The summed E-state index contributed by atoms with van der Waals surface area (Å²) in [4.78, 5) is 12.0. The molecule has 3 aromatic carbocycles. The zero-order valence-corrected chi connectivity index (χ0v) is 23.1. The Morgan fingerprint density at radius 1 is 0.628 bits per heavy atom. The number of nitrogens with zero attached hydrogens (tertiary/aromatic N) is 7. The fourth-order valence-electron chi connectivity index (χ4n) is 4.31. The molecule has 0 spiro atoms. The van der Waals surface area contributed by atoms with Crippen LogP contribution in [0.15, 0.2) is 115 Å². The Morgan fingerprint density at radius 2 is 1.30 bits per heavy atom. The number of phenols is 1. The van der Waals surface area contributed by atoms with E-state index >= 15 is 0 Å². The van der Waals surface area contributed by atoms with Gasteiger partial charge in [-0.2, -0.15) is 16.8 Å². The Bertz CT molecular complexity index is 2380. The third-order valence-electron chi connectivity index (χ3n) is 6.28. The Kier molecular flexibility index (Phi) is 6.82. The van der Waals surface area contributed by atoms with E-state index in [9.17, 15) is 31.0 Å². The first-order valence-electron chi connectivity index (χ1n) is 12.2. The highest BCUT2D eigenvalue weighted by molar-refractivity contribution is 7.86. The highest BCUT2D eigenvalue weighted by atomic mass is 32.2. The van der Waals surface area contributed by atoms with E-state index in [2.05, 4.69) is 35.4 Å². The fourth-order valence-corrected chi connectivity index (χ4v) is 5.53. The molecule has 0 radical (unpaired) electrons. The standard InChI is InChI=1S/C27H17N7O7S2/c35-27-22(14-23(43(39,40)41)18-4-2-12-29-26(18)27)33-32-21-9-8-20(17-3-1-11-28-25(17)21)31-34-24-10-5-15-13-16(42(36,37)38)6-7-19(15)30-24/h1-14,35H,(H,36,37,38)(H,39,40,41)/b33-32+,34-31+. The van der Waals surface area contributed by atoms with Crippen molar-refractivity contribution in [3.05, 3.63) is 85.2 Å². The average Bonchev–Trinajstić information content (AvgIpc) is 2.98. The molecule has 214 valence electrons. The van der Waals surface area contributed by atoms with E-state index in [-0.39, 0.29) is 33.0 Å². The minimum Gasteiger partial charge on any atom is -0.504 e. The van der Waals surface area contributed by atoms with Crippen molar-refractivity contribution in [2.75, 3.05) is 0 Å². The maximum Gasteiger partial charge on any atom is 0.295 e. The predicted molar refractivity (Wildman–Crippen MR) is 155 cm³/mol. The third-order valence-corrected chi connectivity index (χ3v) is 8.02. The Hall–Kier alpha value is -5.29. The van der Waals surface area contributed by atoms with Gasteiger partial charge in [0.15, 0.2) is 11.6 Å². The minimum atomic E-state index is -4.67. The van der Waals surface area contributed by atoms with Gasteiger partial charge >= 0.3 is 0 Å². The molecule has 6 rings (SSSR count). The second kappa shape index (κ2) is 10.5. The molecular formula is C27H17N7O7S2. The Morgan fingerprint density at radius 3 is 2.05 bits per heavy atom. The third kappa shape index (κ3) is 5.50. The summed E-state index contributed by atoms with van der Waals surface area (Å²) >= 11 is 0. The van der Waals surface area contributed by atoms with Gasteiger partial charge in [-0.15, -0.1) is 20.5 Å². The lowest BCUT2D eigenvalue weighted by molar-refractivity contribution is 0.478. The van der Waals surface area contributed by atoms with Crippen LogP contribution in [-0.4, -0.2) is 46.0 Å². The van der Waals surface area contributed by atoms with Crippen LogP contribution in [0.4, 0.5) is 22.9 Å². The van der Waals surface area contributed by atoms with Crippen molar-refractivity contribution in [2.24, 2.45) is 20.5 Å². The van der Waals surface area contributed by atoms with Crippen molar-refractivity contribution >= 4 is 75.8 Å². The lowest BCUT2D eigenvalue weighted by Crippen LogP contribution is -1.99. The monoisotopic (exact) mass is 615 g/mol. The molecular weight excluding hydrogens is 598 g/mol. The molecule has 3 heterocycles. The van der Waals surface area contributed by atoms with E-state index in [1.807, 2.05) is 0 Å². The second-order valence-corrected chi connectivity index (χ2v) is 11.8. The van der Waals surface area contributed by atoms with Crippen LogP contribution in [0.2, 0.25) is 0 Å². The van der Waals surface area contributed by atoms with Gasteiger partial charge in [0.1, 0.15) is 21.8 Å². The van der Waals surface area contributed by atoms with Crippen LogP contribution in [-0.2, 0) is 20.2 Å². The predicted octanol–water partition coefficient (Wildman–Crippen LogP) is 6.36. The van der Waals surface area contributed by atoms with Gasteiger partial charge in [-0.1, -0.05) is 0 Å². The van der Waals surface area contributed by atoms with Crippen LogP contribution in [0, 0.1) is 0 Å². The topological polar surface area (TPSA) is 217 Å². The fraction of sp³-hybridized carbons (Fsp3) is 0. The molecule has 0 aliphatic rings. The van der Waals surface area contributed by atoms with Crippen LogP contribution in [0.1, 0.15) is 0 Å². The SMILES string of the molecule is O=S(=O)(O)c1ccc2nc(/N=N/c3ccc(/N=N/c4cc(S(=O)(=O)O)c5cccnc5c4O)c4ncccc34)ccc2c1. The number of rotatable bonds is 6. The summed E-state index contributed by atoms with van der Waals surface area (Å²) in [7, 11) is -9.02. The molecule has 0 aliphatic carbocycles. The number of aromatic nitrogens is 3. The van der Waals surface area contributed by atoms with Gasteiger partial charge in [-0.25, -0.2) is 4.98 Å². The molecule has 0 saturated heterocycles. The van der Waals surface area contributed by atoms with E-state index in [1.165, 1.54) is 48.8 Å². The molecule has 16 heteroatoms. The minimum absolute atomic E-state index is 0.0204. The quantitative estimate of drug-likeness (QED) is 0.139. The molecule has 43 heavy (non-hydrogen) atoms. The van der Waals surface area contributed by atoms with E-state index in [0.29, 0.717) is 27.5 Å². The first-order valence-corrected chi connectivity index (χ1v) is 15.0. The Labute approximate surface area is 242 Å². The van der Waals surface area contributed by atoms with Crippen LogP contribution in [0.3, 0.4) is 0 Å². The van der Waals surface area contributed by atoms with Gasteiger partial charge in [-0.05, 0) is 72.8 Å². The number of azo groups is 2. The van der Waals surface area contributed by atoms with Crippen molar-refractivity contribution in [2.45, 2.75) is 9.79 Å². The molecule has 0 fully saturated rings. The highest BCUT2D eigenvalue weighted by Gasteiger charge is 2.20. The van der Waals surface area contributed by atoms with Crippen LogP contribution in [0.25, 0.3) is 32.7 Å². The lowest BCUT2D eigenvalue weighted by atomic mass is 10.1. The molecule has 0 amide bonds.